The van der Waals surface area contributed by atoms with Crippen LogP contribution in [0.5, 0.6) is 5.75 Å². The van der Waals surface area contributed by atoms with Crippen molar-refractivity contribution >= 4 is 37.8 Å². The number of rotatable bonds is 4. The Kier molecular flexibility index (Phi) is 4.64. The van der Waals surface area contributed by atoms with Crippen LogP contribution in [0.4, 0.5) is 0 Å². The summed E-state index contributed by atoms with van der Waals surface area (Å²) >= 11 is 6.63. The van der Waals surface area contributed by atoms with Crippen molar-refractivity contribution in [1.82, 2.24) is 0 Å². The van der Waals surface area contributed by atoms with E-state index in [0.717, 1.165) is 19.4 Å². The predicted octanol–water partition coefficient (Wildman–Crippen LogP) is 3.47. The molecule has 0 bridgehead atoms. The van der Waals surface area contributed by atoms with E-state index in [1.165, 1.54) is 12.1 Å². The first kappa shape index (κ1) is 13.8. The third-order valence-corrected chi connectivity index (χ3v) is 3.86. The molecule has 98 valence electrons. The summed E-state index contributed by atoms with van der Waals surface area (Å²) in [4.78, 5) is 10.9. The lowest BCUT2D eigenvalue weighted by Gasteiger charge is -2.14. The fourth-order valence-corrected chi connectivity index (χ4v) is 3.19. The maximum Gasteiger partial charge on any atom is 0.335 e. The second-order valence-electron chi connectivity index (χ2n) is 4.02. The highest BCUT2D eigenvalue weighted by atomic mass is 79.9. The zero-order chi connectivity index (χ0) is 13.1. The summed E-state index contributed by atoms with van der Waals surface area (Å²) in [5.74, 6) is -0.363. The molecule has 0 spiro atoms. The van der Waals surface area contributed by atoms with Gasteiger partial charge in [-0.15, -0.1) is 0 Å². The second kappa shape index (κ2) is 6.04. The molecule has 1 N–H and O–H groups in total. The summed E-state index contributed by atoms with van der Waals surface area (Å²) in [6.45, 7) is 1.26. The van der Waals surface area contributed by atoms with Crippen LogP contribution in [0.3, 0.4) is 0 Å². The molecule has 1 aromatic rings. The molecule has 2 rings (SSSR count). The predicted molar refractivity (Wildman–Crippen MR) is 73.3 cm³/mol. The van der Waals surface area contributed by atoms with Crippen LogP contribution in [0.15, 0.2) is 21.1 Å². The standard InChI is InChI=1S/C12H12Br2O4/c13-9-4-7(12(15)16)5-10(14)11(9)18-6-8-2-1-3-17-8/h4-5,8H,1-3,6H2,(H,15,16). The zero-order valence-corrected chi connectivity index (χ0v) is 12.7. The van der Waals surface area contributed by atoms with Crippen LogP contribution in [0.25, 0.3) is 0 Å². The van der Waals surface area contributed by atoms with Crippen LogP contribution >= 0.6 is 31.9 Å². The molecule has 0 aliphatic carbocycles. The molecule has 4 nitrogen and oxygen atoms in total. The highest BCUT2D eigenvalue weighted by Gasteiger charge is 2.18. The molecule has 18 heavy (non-hydrogen) atoms. The quantitative estimate of drug-likeness (QED) is 0.870. The Bertz CT molecular complexity index is 432. The third-order valence-electron chi connectivity index (χ3n) is 2.68. The van der Waals surface area contributed by atoms with Gasteiger partial charge in [0, 0.05) is 6.61 Å². The van der Waals surface area contributed by atoms with Gasteiger partial charge < -0.3 is 14.6 Å². The van der Waals surface area contributed by atoms with E-state index in [0.29, 0.717) is 21.3 Å². The van der Waals surface area contributed by atoms with Gasteiger partial charge in [0.05, 0.1) is 20.6 Å². The highest BCUT2D eigenvalue weighted by molar-refractivity contribution is 9.11. The zero-order valence-electron chi connectivity index (χ0n) is 9.49. The molecule has 1 aliphatic heterocycles. The molecule has 0 aromatic heterocycles. The number of aromatic carboxylic acids is 1. The first-order valence-electron chi connectivity index (χ1n) is 5.54. The molecule has 1 atom stereocenters. The van der Waals surface area contributed by atoms with Crippen molar-refractivity contribution in [3.8, 4) is 5.75 Å². The number of halogens is 2. The third kappa shape index (κ3) is 3.24. The SMILES string of the molecule is O=C(O)c1cc(Br)c(OCC2CCCO2)c(Br)c1. The van der Waals surface area contributed by atoms with Gasteiger partial charge in [0.1, 0.15) is 12.4 Å². The number of carboxylic acid groups (broad SMARTS) is 1. The number of hydrogen-bond acceptors (Lipinski definition) is 3. The lowest BCUT2D eigenvalue weighted by Crippen LogP contribution is -2.16. The minimum Gasteiger partial charge on any atom is -0.489 e. The Morgan fingerprint density at radius 2 is 2.11 bits per heavy atom. The van der Waals surface area contributed by atoms with E-state index in [-0.39, 0.29) is 11.7 Å². The number of benzene rings is 1. The Balaban J connectivity index is 2.10. The van der Waals surface area contributed by atoms with Crippen molar-refractivity contribution in [2.24, 2.45) is 0 Å². The van der Waals surface area contributed by atoms with Crippen LogP contribution in [0.1, 0.15) is 23.2 Å². The Morgan fingerprint density at radius 3 is 2.61 bits per heavy atom. The average molecular weight is 380 g/mol. The number of hydrogen-bond donors (Lipinski definition) is 1. The average Bonchev–Trinajstić information content (AvgIpc) is 2.80. The Morgan fingerprint density at radius 1 is 1.44 bits per heavy atom. The summed E-state index contributed by atoms with van der Waals surface area (Å²) < 4.78 is 12.4. The summed E-state index contributed by atoms with van der Waals surface area (Å²) in [6.07, 6.45) is 2.19. The Labute approximate surface area is 122 Å². The normalized spacial score (nSPS) is 18.9. The van der Waals surface area contributed by atoms with Gasteiger partial charge in [-0.05, 0) is 56.8 Å². The van der Waals surface area contributed by atoms with Gasteiger partial charge >= 0.3 is 5.97 Å². The van der Waals surface area contributed by atoms with E-state index < -0.39 is 5.97 Å². The molecule has 6 heteroatoms. The van der Waals surface area contributed by atoms with Crippen LogP contribution in [-0.2, 0) is 4.74 Å². The van der Waals surface area contributed by atoms with Crippen molar-refractivity contribution in [2.75, 3.05) is 13.2 Å². The maximum absolute atomic E-state index is 10.9. The van der Waals surface area contributed by atoms with E-state index in [1.54, 1.807) is 0 Å². The van der Waals surface area contributed by atoms with Gasteiger partial charge in [0.2, 0.25) is 0 Å². The van der Waals surface area contributed by atoms with E-state index in [4.69, 9.17) is 14.6 Å². The lowest BCUT2D eigenvalue weighted by atomic mass is 10.2. The van der Waals surface area contributed by atoms with Crippen LogP contribution < -0.4 is 4.74 Å². The molecular weight excluding hydrogens is 368 g/mol. The fourth-order valence-electron chi connectivity index (χ4n) is 1.77. The summed E-state index contributed by atoms with van der Waals surface area (Å²) in [6, 6.07) is 3.05. The van der Waals surface area contributed by atoms with Crippen molar-refractivity contribution in [3.63, 3.8) is 0 Å². The summed E-state index contributed by atoms with van der Waals surface area (Å²) in [7, 11) is 0. The van der Waals surface area contributed by atoms with Crippen molar-refractivity contribution in [3.05, 3.63) is 26.6 Å². The molecule has 0 amide bonds. The Hall–Kier alpha value is -0.590. The summed E-state index contributed by atoms with van der Waals surface area (Å²) in [5, 5.41) is 8.92. The minimum absolute atomic E-state index is 0.128. The van der Waals surface area contributed by atoms with E-state index in [9.17, 15) is 4.79 Å². The molecule has 1 fully saturated rings. The molecule has 1 saturated heterocycles. The van der Waals surface area contributed by atoms with Gasteiger partial charge in [0.15, 0.2) is 0 Å². The lowest BCUT2D eigenvalue weighted by molar-refractivity contribution is 0.0670. The van der Waals surface area contributed by atoms with Gasteiger partial charge in [-0.3, -0.25) is 0 Å². The van der Waals surface area contributed by atoms with E-state index in [2.05, 4.69) is 31.9 Å². The number of carboxylic acids is 1. The molecule has 1 unspecified atom stereocenters. The number of carbonyl (C=O) groups is 1. The van der Waals surface area contributed by atoms with E-state index in [1.807, 2.05) is 0 Å². The molecule has 1 aliphatic rings. The van der Waals surface area contributed by atoms with Gasteiger partial charge in [0.25, 0.3) is 0 Å². The van der Waals surface area contributed by atoms with Gasteiger partial charge in [-0.1, -0.05) is 0 Å². The van der Waals surface area contributed by atoms with Crippen molar-refractivity contribution in [1.29, 1.82) is 0 Å². The monoisotopic (exact) mass is 378 g/mol. The number of ether oxygens (including phenoxy) is 2. The molecule has 0 saturated carbocycles. The molecular formula is C12H12Br2O4. The topological polar surface area (TPSA) is 55.8 Å². The van der Waals surface area contributed by atoms with Crippen molar-refractivity contribution < 1.29 is 19.4 Å². The first-order chi connectivity index (χ1) is 8.58. The van der Waals surface area contributed by atoms with Crippen LogP contribution in [0, 0.1) is 0 Å². The van der Waals surface area contributed by atoms with Crippen LogP contribution in [-0.4, -0.2) is 30.4 Å². The smallest absolute Gasteiger partial charge is 0.335 e. The maximum atomic E-state index is 10.9. The first-order valence-corrected chi connectivity index (χ1v) is 7.13. The largest absolute Gasteiger partial charge is 0.489 e. The molecule has 1 aromatic carbocycles. The van der Waals surface area contributed by atoms with Crippen LogP contribution in [0.2, 0.25) is 0 Å². The van der Waals surface area contributed by atoms with E-state index >= 15 is 0 Å². The molecule has 1 heterocycles. The molecule has 0 radical (unpaired) electrons. The fraction of sp³-hybridized carbons (Fsp3) is 0.417. The highest BCUT2D eigenvalue weighted by Crippen LogP contribution is 2.35. The van der Waals surface area contributed by atoms with Gasteiger partial charge in [-0.25, -0.2) is 4.79 Å². The summed E-state index contributed by atoms with van der Waals surface area (Å²) in [5.41, 5.74) is 0.207. The second-order valence-corrected chi connectivity index (χ2v) is 5.73. The van der Waals surface area contributed by atoms with Gasteiger partial charge in [-0.2, -0.15) is 0 Å². The minimum atomic E-state index is -0.970. The van der Waals surface area contributed by atoms with Crippen molar-refractivity contribution in [2.45, 2.75) is 18.9 Å².